The van der Waals surface area contributed by atoms with Crippen LogP contribution in [0, 0.1) is 0 Å². The molecule has 1 aromatic carbocycles. The predicted molar refractivity (Wildman–Crippen MR) is 76.3 cm³/mol. The van der Waals surface area contributed by atoms with Crippen molar-refractivity contribution in [3.05, 3.63) is 23.8 Å². The van der Waals surface area contributed by atoms with Crippen molar-refractivity contribution in [3.8, 4) is 5.75 Å². The van der Waals surface area contributed by atoms with E-state index in [1.165, 1.54) is 6.07 Å². The molecule has 1 aromatic rings. The van der Waals surface area contributed by atoms with Crippen LogP contribution in [0.3, 0.4) is 0 Å². The molecule has 0 aliphatic rings. The summed E-state index contributed by atoms with van der Waals surface area (Å²) >= 11 is 0. The molecule has 0 bridgehead atoms. The van der Waals surface area contributed by atoms with Crippen LogP contribution in [-0.2, 0) is 18.9 Å². The molecule has 0 saturated carbocycles. The van der Waals surface area contributed by atoms with Crippen molar-refractivity contribution in [2.45, 2.75) is 11.3 Å². The van der Waals surface area contributed by atoms with Crippen LogP contribution in [-0.4, -0.2) is 46.5 Å². The molecule has 10 heteroatoms. The molecule has 0 atom stereocenters. The zero-order chi connectivity index (χ0) is 16.3. The van der Waals surface area contributed by atoms with Crippen molar-refractivity contribution in [3.63, 3.8) is 0 Å². The summed E-state index contributed by atoms with van der Waals surface area (Å²) in [4.78, 5) is 10.7. The Kier molecular flexibility index (Phi) is 5.60. The molecule has 0 fully saturated rings. The van der Waals surface area contributed by atoms with E-state index in [4.69, 9.17) is 20.5 Å². The van der Waals surface area contributed by atoms with Crippen molar-refractivity contribution in [2.75, 3.05) is 18.6 Å². The first-order valence-corrected chi connectivity index (χ1v) is 10.0. The number of rotatable bonds is 7. The van der Waals surface area contributed by atoms with Crippen LogP contribution >= 0.6 is 10.7 Å². The minimum atomic E-state index is -4.05. The molecule has 0 heterocycles. The molecule has 0 spiro atoms. The monoisotopic (exact) mass is 356 g/mol. The van der Waals surface area contributed by atoms with Crippen molar-refractivity contribution in [1.82, 2.24) is 0 Å². The van der Waals surface area contributed by atoms with Crippen LogP contribution < -0.4 is 4.74 Å². The summed E-state index contributed by atoms with van der Waals surface area (Å²) in [6.07, 6.45) is 1.27. The number of aromatic carboxylic acids is 1. The maximum atomic E-state index is 11.2. The van der Waals surface area contributed by atoms with Gasteiger partial charge >= 0.3 is 5.97 Å². The maximum absolute atomic E-state index is 11.2. The van der Waals surface area contributed by atoms with E-state index in [1.54, 1.807) is 0 Å². The number of carbonyl (C=O) groups is 1. The van der Waals surface area contributed by atoms with Gasteiger partial charge in [0.1, 0.15) is 21.2 Å². The van der Waals surface area contributed by atoms with Gasteiger partial charge in [0.05, 0.1) is 17.3 Å². The lowest BCUT2D eigenvalue weighted by Gasteiger charge is -2.09. The number of ether oxygens (including phenoxy) is 1. The molecule has 21 heavy (non-hydrogen) atoms. The molecular formula is C11H13ClO7S2. The fourth-order valence-electron chi connectivity index (χ4n) is 1.46. The zero-order valence-electron chi connectivity index (χ0n) is 10.9. The molecule has 0 aliphatic carbocycles. The van der Waals surface area contributed by atoms with E-state index in [-0.39, 0.29) is 35.0 Å². The van der Waals surface area contributed by atoms with Gasteiger partial charge in [-0.1, -0.05) is 0 Å². The highest BCUT2D eigenvalue weighted by molar-refractivity contribution is 8.13. The number of hydrogen-bond acceptors (Lipinski definition) is 6. The molecule has 7 nitrogen and oxygen atoms in total. The smallest absolute Gasteiger partial charge is 0.339 e. The van der Waals surface area contributed by atoms with Crippen molar-refractivity contribution < 1.29 is 31.5 Å². The molecule has 118 valence electrons. The van der Waals surface area contributed by atoms with Crippen LogP contribution in [0.15, 0.2) is 23.1 Å². The van der Waals surface area contributed by atoms with Crippen LogP contribution in [0.5, 0.6) is 5.75 Å². The third-order valence-electron chi connectivity index (χ3n) is 2.38. The lowest BCUT2D eigenvalue weighted by molar-refractivity contribution is 0.0692. The molecular weight excluding hydrogens is 344 g/mol. The minimum absolute atomic E-state index is 0.0136. The van der Waals surface area contributed by atoms with Crippen LogP contribution in [0.4, 0.5) is 0 Å². The number of carboxylic acid groups (broad SMARTS) is 1. The third-order valence-corrected chi connectivity index (χ3v) is 4.76. The van der Waals surface area contributed by atoms with Crippen LogP contribution in [0.1, 0.15) is 16.8 Å². The van der Waals surface area contributed by atoms with Gasteiger partial charge in [0.25, 0.3) is 9.05 Å². The number of sulfone groups is 1. The number of hydrogen-bond donors (Lipinski definition) is 1. The van der Waals surface area contributed by atoms with E-state index in [1.807, 2.05) is 0 Å². The second-order valence-corrected chi connectivity index (χ2v) is 9.06. The van der Waals surface area contributed by atoms with E-state index in [0.29, 0.717) is 0 Å². The summed E-state index contributed by atoms with van der Waals surface area (Å²) in [5.74, 6) is -1.53. The summed E-state index contributed by atoms with van der Waals surface area (Å²) in [5, 5.41) is 9.03. The Morgan fingerprint density at radius 3 is 2.38 bits per heavy atom. The summed E-state index contributed by atoms with van der Waals surface area (Å²) in [6.45, 7) is -0.0136. The molecule has 0 radical (unpaired) electrons. The first kappa shape index (κ1) is 17.7. The van der Waals surface area contributed by atoms with E-state index in [2.05, 4.69) is 0 Å². The second kappa shape index (κ2) is 6.63. The number of carboxylic acids is 1. The SMILES string of the molecule is CS(=O)(=O)CCCOc1ccc(S(=O)(=O)Cl)cc1C(=O)O. The Bertz CT molecular complexity index is 738. The Hall–Kier alpha value is -1.32. The van der Waals surface area contributed by atoms with Crippen molar-refractivity contribution >= 4 is 35.5 Å². The van der Waals surface area contributed by atoms with Gasteiger partial charge in [-0.05, 0) is 24.6 Å². The Morgan fingerprint density at radius 2 is 1.90 bits per heavy atom. The lowest BCUT2D eigenvalue weighted by atomic mass is 10.2. The Balaban J connectivity index is 2.90. The predicted octanol–water partition coefficient (Wildman–Crippen LogP) is 1.13. The van der Waals surface area contributed by atoms with Crippen molar-refractivity contribution in [2.24, 2.45) is 0 Å². The fourth-order valence-corrected chi connectivity index (χ4v) is 2.88. The molecule has 0 aromatic heterocycles. The van der Waals surface area contributed by atoms with E-state index < -0.39 is 24.9 Å². The summed E-state index contributed by atoms with van der Waals surface area (Å²) in [7, 11) is -2.03. The van der Waals surface area contributed by atoms with Gasteiger partial charge in [-0.25, -0.2) is 21.6 Å². The number of benzene rings is 1. The molecule has 0 aliphatic heterocycles. The summed E-state index contributed by atoms with van der Waals surface area (Å²) in [5.41, 5.74) is -0.365. The topological polar surface area (TPSA) is 115 Å². The van der Waals surface area contributed by atoms with E-state index >= 15 is 0 Å². The highest BCUT2D eigenvalue weighted by atomic mass is 35.7. The highest BCUT2D eigenvalue weighted by Crippen LogP contribution is 2.25. The van der Waals surface area contributed by atoms with Gasteiger partial charge in [0.15, 0.2) is 0 Å². The minimum Gasteiger partial charge on any atom is -0.493 e. The average Bonchev–Trinajstić information content (AvgIpc) is 2.32. The van der Waals surface area contributed by atoms with Gasteiger partial charge in [-0.15, -0.1) is 0 Å². The quantitative estimate of drug-likeness (QED) is 0.575. The average molecular weight is 357 g/mol. The summed E-state index contributed by atoms with van der Waals surface area (Å²) < 4.78 is 49.4. The van der Waals surface area contributed by atoms with Crippen LogP contribution in [0.2, 0.25) is 0 Å². The summed E-state index contributed by atoms with van der Waals surface area (Å²) in [6, 6.07) is 3.16. The number of halogens is 1. The zero-order valence-corrected chi connectivity index (χ0v) is 13.3. The molecule has 1 rings (SSSR count). The normalized spacial score (nSPS) is 12.1. The Labute approximate surface area is 126 Å². The van der Waals surface area contributed by atoms with Gasteiger partial charge in [-0.2, -0.15) is 0 Å². The molecule has 0 saturated heterocycles. The van der Waals surface area contributed by atoms with Crippen LogP contribution in [0.25, 0.3) is 0 Å². The fraction of sp³-hybridized carbons (Fsp3) is 0.364. The second-order valence-electron chi connectivity index (χ2n) is 4.23. The van der Waals surface area contributed by atoms with E-state index in [0.717, 1.165) is 18.4 Å². The standard InChI is InChI=1S/C11H13ClO7S2/c1-20(15,16)6-2-5-19-10-4-3-8(21(12,17)18)7-9(10)11(13)14/h3-4,7H,2,5-6H2,1H3,(H,13,14). The molecule has 0 unspecified atom stereocenters. The van der Waals surface area contributed by atoms with Gasteiger partial charge < -0.3 is 9.84 Å². The van der Waals surface area contributed by atoms with E-state index in [9.17, 15) is 21.6 Å². The first-order valence-electron chi connectivity index (χ1n) is 5.63. The molecule has 1 N–H and O–H groups in total. The first-order chi connectivity index (χ1) is 9.50. The van der Waals surface area contributed by atoms with Gasteiger partial charge in [0, 0.05) is 16.9 Å². The van der Waals surface area contributed by atoms with Gasteiger partial charge in [0.2, 0.25) is 0 Å². The lowest BCUT2D eigenvalue weighted by Crippen LogP contribution is -2.10. The van der Waals surface area contributed by atoms with Crippen molar-refractivity contribution in [1.29, 1.82) is 0 Å². The third kappa shape index (κ3) is 5.90. The molecule has 0 amide bonds. The highest BCUT2D eigenvalue weighted by Gasteiger charge is 2.18. The largest absolute Gasteiger partial charge is 0.493 e. The van der Waals surface area contributed by atoms with Gasteiger partial charge in [-0.3, -0.25) is 0 Å². The maximum Gasteiger partial charge on any atom is 0.339 e. The Morgan fingerprint density at radius 1 is 1.29 bits per heavy atom.